The van der Waals surface area contributed by atoms with Gasteiger partial charge in [-0.25, -0.2) is 0 Å². The first-order chi connectivity index (χ1) is 5.84. The lowest BCUT2D eigenvalue weighted by Gasteiger charge is -2.00. The van der Waals surface area contributed by atoms with Crippen molar-refractivity contribution in [3.8, 4) is 0 Å². The molecular formula is C9H9ClNO. The zero-order chi connectivity index (χ0) is 8.81. The highest BCUT2D eigenvalue weighted by Crippen LogP contribution is 2.15. The van der Waals surface area contributed by atoms with E-state index in [9.17, 15) is 0 Å². The van der Waals surface area contributed by atoms with Gasteiger partial charge >= 0.3 is 0 Å². The summed E-state index contributed by atoms with van der Waals surface area (Å²) in [5.74, 6) is 0. The maximum Gasteiger partial charge on any atom is 0.143 e. The fourth-order valence-corrected chi connectivity index (χ4v) is 0.972. The minimum atomic E-state index is 0.389. The summed E-state index contributed by atoms with van der Waals surface area (Å²) in [4.78, 5) is 4.88. The van der Waals surface area contributed by atoms with E-state index in [1.54, 1.807) is 6.92 Å². The molecule has 0 aliphatic heterocycles. The summed E-state index contributed by atoms with van der Waals surface area (Å²) in [6.07, 6.45) is 2.52. The van der Waals surface area contributed by atoms with Gasteiger partial charge in [-0.05, 0) is 13.0 Å². The Labute approximate surface area is 76.8 Å². The quantitative estimate of drug-likeness (QED) is 0.520. The Kier molecular flexibility index (Phi) is 3.61. The van der Waals surface area contributed by atoms with E-state index in [2.05, 4.69) is 11.4 Å². The molecule has 0 aromatic heterocycles. The van der Waals surface area contributed by atoms with Crippen LogP contribution in [-0.2, 0) is 11.4 Å². The minimum absolute atomic E-state index is 0.389. The Balaban J connectivity index is 2.57. The van der Waals surface area contributed by atoms with E-state index in [1.165, 1.54) is 0 Å². The second-order valence-electron chi connectivity index (χ2n) is 2.18. The normalized spacial score (nSPS) is 10.5. The molecule has 0 fully saturated rings. The Morgan fingerprint density at radius 3 is 2.92 bits per heavy atom. The first-order valence-electron chi connectivity index (χ1n) is 3.56. The van der Waals surface area contributed by atoms with Crippen LogP contribution >= 0.6 is 11.6 Å². The number of halogens is 1. The third-order valence-electron chi connectivity index (χ3n) is 1.33. The fourth-order valence-electron chi connectivity index (χ4n) is 0.782. The minimum Gasteiger partial charge on any atom is -0.391 e. The molecule has 3 heteroatoms. The highest BCUT2D eigenvalue weighted by Gasteiger charge is 1.97. The number of benzene rings is 1. The van der Waals surface area contributed by atoms with E-state index < -0.39 is 0 Å². The van der Waals surface area contributed by atoms with Crippen LogP contribution < -0.4 is 0 Å². The first-order valence-corrected chi connectivity index (χ1v) is 3.94. The van der Waals surface area contributed by atoms with Crippen molar-refractivity contribution in [2.45, 2.75) is 13.5 Å². The summed E-state index contributed by atoms with van der Waals surface area (Å²) in [6, 6.07) is 7.50. The maximum atomic E-state index is 5.86. The highest BCUT2D eigenvalue weighted by molar-refractivity contribution is 6.31. The van der Waals surface area contributed by atoms with E-state index in [0.717, 1.165) is 5.56 Å². The Morgan fingerprint density at radius 1 is 1.50 bits per heavy atom. The molecule has 1 rings (SSSR count). The van der Waals surface area contributed by atoms with Gasteiger partial charge in [0.15, 0.2) is 0 Å². The molecule has 0 saturated carbocycles. The monoisotopic (exact) mass is 182 g/mol. The summed E-state index contributed by atoms with van der Waals surface area (Å²) >= 11 is 5.86. The van der Waals surface area contributed by atoms with E-state index in [0.29, 0.717) is 11.6 Å². The van der Waals surface area contributed by atoms with E-state index in [-0.39, 0.29) is 0 Å². The lowest BCUT2D eigenvalue weighted by Crippen LogP contribution is -1.87. The third kappa shape index (κ3) is 2.55. The molecule has 0 aliphatic carbocycles. The predicted octanol–water partition coefficient (Wildman–Crippen LogP) is 2.74. The summed E-state index contributed by atoms with van der Waals surface area (Å²) in [5.41, 5.74) is 0.929. The van der Waals surface area contributed by atoms with Crippen molar-refractivity contribution in [1.82, 2.24) is 0 Å². The average molecular weight is 183 g/mol. The van der Waals surface area contributed by atoms with Gasteiger partial charge in [-0.3, -0.25) is 0 Å². The highest BCUT2D eigenvalue weighted by atomic mass is 35.5. The molecule has 0 heterocycles. The first kappa shape index (κ1) is 9.07. The summed E-state index contributed by atoms with van der Waals surface area (Å²) in [6.45, 7) is 2.06. The Bertz CT molecular complexity index is 273. The largest absolute Gasteiger partial charge is 0.391 e. The van der Waals surface area contributed by atoms with E-state index in [4.69, 9.17) is 16.4 Å². The van der Waals surface area contributed by atoms with Gasteiger partial charge < -0.3 is 4.84 Å². The van der Waals surface area contributed by atoms with E-state index >= 15 is 0 Å². The molecule has 0 N–H and O–H groups in total. The lowest BCUT2D eigenvalue weighted by molar-refractivity contribution is 0.132. The van der Waals surface area contributed by atoms with Crippen LogP contribution in [-0.4, -0.2) is 6.21 Å². The van der Waals surface area contributed by atoms with Crippen LogP contribution in [0.25, 0.3) is 0 Å². The van der Waals surface area contributed by atoms with Gasteiger partial charge in [0, 0.05) is 10.6 Å². The molecule has 0 unspecified atom stereocenters. The van der Waals surface area contributed by atoms with Crippen molar-refractivity contribution in [3.63, 3.8) is 0 Å². The summed E-state index contributed by atoms with van der Waals surface area (Å²) in [7, 11) is 0. The molecule has 0 aliphatic rings. The van der Waals surface area contributed by atoms with E-state index in [1.807, 2.05) is 24.3 Å². The third-order valence-corrected chi connectivity index (χ3v) is 1.70. The predicted molar refractivity (Wildman–Crippen MR) is 49.4 cm³/mol. The molecule has 1 radical (unpaired) electrons. The molecule has 1 aromatic rings. The van der Waals surface area contributed by atoms with Crippen molar-refractivity contribution >= 4 is 17.8 Å². The second-order valence-corrected chi connectivity index (χ2v) is 2.59. The van der Waals surface area contributed by atoms with Gasteiger partial charge in [-0.2, -0.15) is 0 Å². The van der Waals surface area contributed by atoms with Crippen molar-refractivity contribution in [3.05, 3.63) is 34.9 Å². The Morgan fingerprint density at radius 2 is 2.25 bits per heavy atom. The van der Waals surface area contributed by atoms with Gasteiger partial charge in [0.2, 0.25) is 0 Å². The zero-order valence-electron chi connectivity index (χ0n) is 6.75. The number of hydrogen-bond donors (Lipinski definition) is 0. The zero-order valence-corrected chi connectivity index (χ0v) is 7.51. The number of rotatable bonds is 3. The van der Waals surface area contributed by atoms with Gasteiger partial charge in [0.25, 0.3) is 0 Å². The smallest absolute Gasteiger partial charge is 0.143 e. The molecule has 0 spiro atoms. The fraction of sp³-hybridized carbons (Fsp3) is 0.222. The second kappa shape index (κ2) is 4.78. The van der Waals surface area contributed by atoms with Gasteiger partial charge in [0.1, 0.15) is 12.8 Å². The number of nitrogens with zero attached hydrogens (tertiary/aromatic N) is 1. The topological polar surface area (TPSA) is 21.6 Å². The van der Waals surface area contributed by atoms with Crippen molar-refractivity contribution in [2.24, 2.45) is 5.16 Å². The molecular weight excluding hydrogens is 174 g/mol. The van der Waals surface area contributed by atoms with Crippen LogP contribution in [0, 0.1) is 0 Å². The molecule has 2 nitrogen and oxygen atoms in total. The van der Waals surface area contributed by atoms with Crippen molar-refractivity contribution in [1.29, 1.82) is 0 Å². The average Bonchev–Trinajstić information content (AvgIpc) is 2.09. The van der Waals surface area contributed by atoms with Crippen molar-refractivity contribution in [2.75, 3.05) is 0 Å². The van der Waals surface area contributed by atoms with Crippen LogP contribution in [0.3, 0.4) is 0 Å². The van der Waals surface area contributed by atoms with Crippen LogP contribution in [0.2, 0.25) is 5.02 Å². The van der Waals surface area contributed by atoms with Crippen LogP contribution in [0.5, 0.6) is 0 Å². The molecule has 0 saturated heterocycles. The summed E-state index contributed by atoms with van der Waals surface area (Å²) < 4.78 is 0. The van der Waals surface area contributed by atoms with Gasteiger partial charge in [0.05, 0.1) is 0 Å². The van der Waals surface area contributed by atoms with Crippen molar-refractivity contribution < 1.29 is 4.84 Å². The summed E-state index contributed by atoms with van der Waals surface area (Å²) in [5, 5.41) is 4.20. The Hall–Kier alpha value is -1.02. The molecule has 63 valence electrons. The van der Waals surface area contributed by atoms with Gasteiger partial charge in [-0.1, -0.05) is 35.0 Å². The maximum absolute atomic E-state index is 5.86. The molecule has 0 atom stereocenters. The van der Waals surface area contributed by atoms with Crippen LogP contribution in [0.1, 0.15) is 12.5 Å². The SMILES string of the molecule is C[C]=NOCc1ccccc1Cl. The molecule has 0 bridgehead atoms. The molecule has 1 aromatic carbocycles. The number of hydrogen-bond acceptors (Lipinski definition) is 2. The van der Waals surface area contributed by atoms with Gasteiger partial charge in [-0.15, -0.1) is 0 Å². The standard InChI is InChI=1S/C9H9ClNO/c1-2-11-12-7-8-5-3-4-6-9(8)10/h3-6H,7H2,1H3. The molecule has 0 amide bonds. The van der Waals surface area contributed by atoms with Crippen LogP contribution in [0.4, 0.5) is 0 Å². The lowest BCUT2D eigenvalue weighted by atomic mass is 10.2. The van der Waals surface area contributed by atoms with Crippen LogP contribution in [0.15, 0.2) is 29.4 Å². The molecule has 12 heavy (non-hydrogen) atoms.